The number of hydrogen-bond acceptors (Lipinski definition) is 7. The number of hydrogen-bond donors (Lipinski definition) is 2. The maximum absolute atomic E-state index is 15.3. The molecule has 4 rings (SSSR count). The first-order valence-electron chi connectivity index (χ1n) is 10.8. The van der Waals surface area contributed by atoms with Crippen LogP contribution in [0.2, 0.25) is 0 Å². The van der Waals surface area contributed by atoms with E-state index in [1.54, 1.807) is 50.6 Å². The van der Waals surface area contributed by atoms with Crippen molar-refractivity contribution in [2.24, 2.45) is 0 Å². The first-order chi connectivity index (χ1) is 17.0. The molecule has 188 valence electrons. The number of H-pyrrole nitrogens is 1. The molecule has 10 nitrogen and oxygen atoms in total. The van der Waals surface area contributed by atoms with Gasteiger partial charge in [0.25, 0.3) is 0 Å². The molecule has 0 atom stereocenters. The molecule has 0 aliphatic heterocycles. The highest BCUT2D eigenvalue weighted by atomic mass is 32.2. The van der Waals surface area contributed by atoms with Crippen molar-refractivity contribution in [3.63, 3.8) is 0 Å². The average molecular weight is 516 g/mol. The lowest BCUT2D eigenvalue weighted by Gasteiger charge is -2.17. The molecule has 0 bridgehead atoms. The Morgan fingerprint density at radius 2 is 1.72 bits per heavy atom. The van der Waals surface area contributed by atoms with Crippen LogP contribution in [0.25, 0.3) is 22.2 Å². The van der Waals surface area contributed by atoms with E-state index in [2.05, 4.69) is 24.7 Å². The molecule has 0 radical (unpaired) electrons. The number of aromatic amines is 1. The van der Waals surface area contributed by atoms with Crippen LogP contribution in [0.15, 0.2) is 43.0 Å². The molecule has 0 spiro atoms. The SMILES string of the molecule is CCN(C)S(=O)(=O)Nc1ccc(F)c(C(=O)c2c[nH]c3ncc(-c4cnc(N(C)C)nc4)cc23)c1F. The molecular weight excluding hydrogens is 492 g/mol. The standard InChI is InChI=1S/C23H23F2N7O3S/c1-5-32(4)36(34,35)30-18-7-6-17(24)19(20(18)25)21(33)16-12-27-22-15(16)8-13(9-26-22)14-10-28-23(29-11-14)31(2)3/h6-12,30H,5H2,1-4H3,(H,26,27). The molecule has 3 aromatic heterocycles. The van der Waals surface area contributed by atoms with Gasteiger partial charge in [-0.15, -0.1) is 0 Å². The lowest BCUT2D eigenvalue weighted by molar-refractivity contribution is 0.103. The van der Waals surface area contributed by atoms with Crippen molar-refractivity contribution in [2.75, 3.05) is 37.3 Å². The second-order valence-electron chi connectivity index (χ2n) is 8.12. The highest BCUT2D eigenvalue weighted by Crippen LogP contribution is 2.29. The molecule has 0 saturated carbocycles. The monoisotopic (exact) mass is 515 g/mol. The third-order valence-corrected chi connectivity index (χ3v) is 7.12. The van der Waals surface area contributed by atoms with Gasteiger partial charge in [-0.05, 0) is 18.2 Å². The summed E-state index contributed by atoms with van der Waals surface area (Å²) < 4.78 is 57.6. The molecule has 0 amide bonds. The average Bonchev–Trinajstić information content (AvgIpc) is 3.28. The number of carbonyl (C=O) groups excluding carboxylic acids is 1. The van der Waals surface area contributed by atoms with Crippen molar-refractivity contribution in [2.45, 2.75) is 6.92 Å². The van der Waals surface area contributed by atoms with Gasteiger partial charge in [-0.2, -0.15) is 12.7 Å². The van der Waals surface area contributed by atoms with E-state index >= 15 is 4.39 Å². The summed E-state index contributed by atoms with van der Waals surface area (Å²) in [7, 11) is 0.813. The number of rotatable bonds is 8. The third kappa shape index (κ3) is 4.62. The Bertz CT molecular complexity index is 1550. The van der Waals surface area contributed by atoms with E-state index in [-0.39, 0.29) is 12.1 Å². The van der Waals surface area contributed by atoms with Crippen molar-refractivity contribution in [1.82, 2.24) is 24.2 Å². The van der Waals surface area contributed by atoms with E-state index in [0.717, 1.165) is 16.4 Å². The molecule has 4 aromatic rings. The predicted octanol–water partition coefficient (Wildman–Crippen LogP) is 3.20. The van der Waals surface area contributed by atoms with Crippen molar-refractivity contribution in [1.29, 1.82) is 0 Å². The van der Waals surface area contributed by atoms with Crippen molar-refractivity contribution in [3.8, 4) is 11.1 Å². The Labute approximate surface area is 206 Å². The van der Waals surface area contributed by atoms with Crippen LogP contribution in [0.1, 0.15) is 22.8 Å². The number of pyridine rings is 1. The minimum Gasteiger partial charge on any atom is -0.347 e. The molecule has 36 heavy (non-hydrogen) atoms. The van der Waals surface area contributed by atoms with Gasteiger partial charge in [0.05, 0.1) is 11.3 Å². The summed E-state index contributed by atoms with van der Waals surface area (Å²) in [6.07, 6.45) is 6.06. The fraction of sp³-hybridized carbons (Fsp3) is 0.217. The fourth-order valence-electron chi connectivity index (χ4n) is 3.41. The number of halogens is 2. The van der Waals surface area contributed by atoms with Gasteiger partial charge in [-0.25, -0.2) is 23.7 Å². The molecule has 2 N–H and O–H groups in total. The summed E-state index contributed by atoms with van der Waals surface area (Å²) >= 11 is 0. The number of fused-ring (bicyclic) bond motifs is 1. The van der Waals surface area contributed by atoms with E-state index in [4.69, 9.17) is 0 Å². The second kappa shape index (κ2) is 9.59. The number of anilines is 2. The van der Waals surface area contributed by atoms with E-state index < -0.39 is 38.9 Å². The number of nitrogens with zero attached hydrogens (tertiary/aromatic N) is 5. The highest BCUT2D eigenvalue weighted by Gasteiger charge is 2.27. The van der Waals surface area contributed by atoms with E-state index in [1.807, 2.05) is 0 Å². The van der Waals surface area contributed by atoms with Gasteiger partial charge in [0.2, 0.25) is 11.7 Å². The van der Waals surface area contributed by atoms with Crippen LogP contribution in [0.4, 0.5) is 20.4 Å². The summed E-state index contributed by atoms with van der Waals surface area (Å²) in [5, 5.41) is 0.324. The van der Waals surface area contributed by atoms with Crippen LogP contribution in [-0.4, -0.2) is 66.1 Å². The molecule has 0 saturated heterocycles. The van der Waals surface area contributed by atoms with Crippen molar-refractivity contribution < 1.29 is 22.0 Å². The van der Waals surface area contributed by atoms with Crippen LogP contribution >= 0.6 is 0 Å². The minimum atomic E-state index is -4.10. The first kappa shape index (κ1) is 25.1. The van der Waals surface area contributed by atoms with Crippen molar-refractivity contribution in [3.05, 3.63) is 65.7 Å². The number of aromatic nitrogens is 4. The third-order valence-electron chi connectivity index (χ3n) is 5.56. The number of nitrogens with one attached hydrogen (secondary N) is 2. The summed E-state index contributed by atoms with van der Waals surface area (Å²) in [5.41, 5.74) is 0.0786. The topological polar surface area (TPSA) is 124 Å². The van der Waals surface area contributed by atoms with Crippen LogP contribution in [0, 0.1) is 11.6 Å². The van der Waals surface area contributed by atoms with Crippen LogP contribution in [0.3, 0.4) is 0 Å². The number of carbonyl (C=O) groups is 1. The molecule has 3 heterocycles. The summed E-state index contributed by atoms with van der Waals surface area (Å²) in [6, 6.07) is 3.40. The van der Waals surface area contributed by atoms with Gasteiger partial charge in [0, 0.05) is 74.6 Å². The second-order valence-corrected chi connectivity index (χ2v) is 9.90. The van der Waals surface area contributed by atoms with Gasteiger partial charge in [-0.1, -0.05) is 6.92 Å². The Kier molecular flexibility index (Phi) is 6.69. The Hall–Kier alpha value is -3.97. The number of benzene rings is 1. The lowest BCUT2D eigenvalue weighted by atomic mass is 10.0. The minimum absolute atomic E-state index is 0.0336. The molecule has 0 aliphatic carbocycles. The quantitative estimate of drug-likeness (QED) is 0.345. The summed E-state index contributed by atoms with van der Waals surface area (Å²) in [6.45, 7) is 1.72. The first-order valence-corrected chi connectivity index (χ1v) is 12.2. The van der Waals surface area contributed by atoms with E-state index in [1.165, 1.54) is 13.2 Å². The molecule has 13 heteroatoms. The zero-order valence-electron chi connectivity index (χ0n) is 19.9. The summed E-state index contributed by atoms with van der Waals surface area (Å²) in [4.78, 5) is 30.7. The van der Waals surface area contributed by atoms with Gasteiger partial charge in [0.1, 0.15) is 11.5 Å². The van der Waals surface area contributed by atoms with Gasteiger partial charge in [-0.3, -0.25) is 9.52 Å². The fourth-order valence-corrected chi connectivity index (χ4v) is 4.34. The van der Waals surface area contributed by atoms with Crippen molar-refractivity contribution >= 4 is 38.7 Å². The van der Waals surface area contributed by atoms with Gasteiger partial charge in [0.15, 0.2) is 5.82 Å². The largest absolute Gasteiger partial charge is 0.347 e. The zero-order valence-corrected chi connectivity index (χ0v) is 20.7. The number of ketones is 1. The van der Waals surface area contributed by atoms with Crippen LogP contribution in [-0.2, 0) is 10.2 Å². The normalized spacial score (nSPS) is 11.8. The zero-order chi connectivity index (χ0) is 26.2. The smallest absolute Gasteiger partial charge is 0.301 e. The molecule has 0 unspecified atom stereocenters. The highest BCUT2D eigenvalue weighted by molar-refractivity contribution is 7.90. The van der Waals surface area contributed by atoms with Gasteiger partial charge < -0.3 is 9.88 Å². The van der Waals surface area contributed by atoms with Gasteiger partial charge >= 0.3 is 10.2 Å². The Balaban J connectivity index is 1.75. The molecule has 1 aromatic carbocycles. The molecule has 0 aliphatic rings. The van der Waals surface area contributed by atoms with Crippen LogP contribution < -0.4 is 9.62 Å². The maximum Gasteiger partial charge on any atom is 0.301 e. The molecule has 0 fully saturated rings. The van der Waals surface area contributed by atoms with E-state index in [9.17, 15) is 17.6 Å². The Morgan fingerprint density at radius 3 is 2.36 bits per heavy atom. The molecular formula is C23H23F2N7O3S. The summed E-state index contributed by atoms with van der Waals surface area (Å²) in [5.74, 6) is -2.91. The lowest BCUT2D eigenvalue weighted by Crippen LogP contribution is -2.32. The maximum atomic E-state index is 15.3. The predicted molar refractivity (Wildman–Crippen MR) is 132 cm³/mol. The van der Waals surface area contributed by atoms with Crippen LogP contribution in [0.5, 0.6) is 0 Å². The van der Waals surface area contributed by atoms with E-state index in [0.29, 0.717) is 28.1 Å². The Morgan fingerprint density at radius 1 is 1.06 bits per heavy atom.